The average molecular weight is 350 g/mol. The number of carbonyl (C=O) groups excluding carboxylic acids is 1. The van der Waals surface area contributed by atoms with Gasteiger partial charge in [-0.25, -0.2) is 4.98 Å². The van der Waals surface area contributed by atoms with Crippen molar-refractivity contribution in [3.8, 4) is 5.75 Å². The smallest absolute Gasteiger partial charge is 0.251 e. The maximum Gasteiger partial charge on any atom is 0.251 e. The third kappa shape index (κ3) is 4.46. The quantitative estimate of drug-likeness (QED) is 0.725. The highest BCUT2D eigenvalue weighted by Crippen LogP contribution is 2.16. The van der Waals surface area contributed by atoms with Gasteiger partial charge in [-0.2, -0.15) is 0 Å². The van der Waals surface area contributed by atoms with Gasteiger partial charge in [0.2, 0.25) is 0 Å². The number of halogens is 1. The molecule has 0 fully saturated rings. The Labute approximate surface area is 131 Å². The normalized spacial score (nSPS) is 10.2. The van der Waals surface area contributed by atoms with Crippen molar-refractivity contribution in [2.45, 2.75) is 6.92 Å². The SMILES string of the molecule is Cc1cc(NCCNC(=O)c2ccc(O)cc2)ncc1Br. The number of nitrogens with zero attached hydrogens (tertiary/aromatic N) is 1. The first-order valence-corrected chi connectivity index (χ1v) is 7.29. The highest BCUT2D eigenvalue weighted by atomic mass is 79.9. The van der Waals surface area contributed by atoms with Crippen LogP contribution in [0.25, 0.3) is 0 Å². The lowest BCUT2D eigenvalue weighted by Crippen LogP contribution is -2.28. The summed E-state index contributed by atoms with van der Waals surface area (Å²) in [6.45, 7) is 3.05. The number of anilines is 1. The van der Waals surface area contributed by atoms with E-state index < -0.39 is 0 Å². The minimum Gasteiger partial charge on any atom is -0.508 e. The van der Waals surface area contributed by atoms with Gasteiger partial charge >= 0.3 is 0 Å². The third-order valence-electron chi connectivity index (χ3n) is 2.89. The molecule has 0 aliphatic carbocycles. The number of pyridine rings is 1. The molecule has 1 amide bonds. The van der Waals surface area contributed by atoms with Crippen LogP contribution in [0, 0.1) is 6.92 Å². The molecule has 0 saturated carbocycles. The van der Waals surface area contributed by atoms with E-state index in [2.05, 4.69) is 31.5 Å². The molecular formula is C15H16BrN3O2. The standard InChI is InChI=1S/C15H16BrN3O2/c1-10-8-14(19-9-13(10)16)17-6-7-18-15(21)11-2-4-12(20)5-3-11/h2-5,8-9,20H,6-7H2,1H3,(H,17,19)(H,18,21). The van der Waals surface area contributed by atoms with Gasteiger partial charge in [0.1, 0.15) is 11.6 Å². The van der Waals surface area contributed by atoms with E-state index >= 15 is 0 Å². The maximum absolute atomic E-state index is 11.8. The highest BCUT2D eigenvalue weighted by molar-refractivity contribution is 9.10. The Morgan fingerprint density at radius 3 is 2.67 bits per heavy atom. The van der Waals surface area contributed by atoms with Gasteiger partial charge in [0.05, 0.1) is 0 Å². The Morgan fingerprint density at radius 2 is 2.00 bits per heavy atom. The second kappa shape index (κ2) is 7.08. The number of hydrogen-bond acceptors (Lipinski definition) is 4. The Morgan fingerprint density at radius 1 is 1.29 bits per heavy atom. The number of aromatic hydroxyl groups is 1. The second-order valence-electron chi connectivity index (χ2n) is 4.55. The third-order valence-corrected chi connectivity index (χ3v) is 3.72. The predicted octanol–water partition coefficient (Wildman–Crippen LogP) is 2.70. The van der Waals surface area contributed by atoms with Crippen molar-refractivity contribution in [2.24, 2.45) is 0 Å². The summed E-state index contributed by atoms with van der Waals surface area (Å²) in [6.07, 6.45) is 1.74. The van der Waals surface area contributed by atoms with Gasteiger partial charge in [0.15, 0.2) is 0 Å². The van der Waals surface area contributed by atoms with Crippen LogP contribution in [0.3, 0.4) is 0 Å². The van der Waals surface area contributed by atoms with Crippen molar-refractivity contribution in [2.75, 3.05) is 18.4 Å². The Bertz CT molecular complexity index is 629. The van der Waals surface area contributed by atoms with Crippen LogP contribution in [0.4, 0.5) is 5.82 Å². The summed E-state index contributed by atoms with van der Waals surface area (Å²) >= 11 is 3.40. The van der Waals surface area contributed by atoms with Crippen molar-refractivity contribution in [3.63, 3.8) is 0 Å². The molecule has 2 rings (SSSR count). The summed E-state index contributed by atoms with van der Waals surface area (Å²) in [6, 6.07) is 8.07. The second-order valence-corrected chi connectivity index (χ2v) is 5.40. The van der Waals surface area contributed by atoms with Crippen LogP contribution >= 0.6 is 15.9 Å². The summed E-state index contributed by atoms with van der Waals surface area (Å²) in [7, 11) is 0. The van der Waals surface area contributed by atoms with Gasteiger partial charge < -0.3 is 15.7 Å². The molecule has 1 aromatic carbocycles. The van der Waals surface area contributed by atoms with Crippen LogP contribution in [-0.2, 0) is 0 Å². The van der Waals surface area contributed by atoms with Crippen molar-refractivity contribution < 1.29 is 9.90 Å². The van der Waals surface area contributed by atoms with E-state index in [4.69, 9.17) is 5.11 Å². The van der Waals surface area contributed by atoms with E-state index in [0.29, 0.717) is 18.7 Å². The van der Waals surface area contributed by atoms with E-state index in [0.717, 1.165) is 15.9 Å². The molecule has 2 aromatic rings. The maximum atomic E-state index is 11.8. The molecule has 1 aromatic heterocycles. The summed E-state index contributed by atoms with van der Waals surface area (Å²) in [5.41, 5.74) is 1.62. The molecule has 0 bridgehead atoms. The molecule has 0 aliphatic heterocycles. The first kappa shape index (κ1) is 15.3. The van der Waals surface area contributed by atoms with E-state index in [1.807, 2.05) is 13.0 Å². The lowest BCUT2D eigenvalue weighted by Gasteiger charge is -2.08. The summed E-state index contributed by atoms with van der Waals surface area (Å²) in [4.78, 5) is 16.0. The Balaban J connectivity index is 1.77. The Kier molecular flexibility index (Phi) is 5.16. The zero-order chi connectivity index (χ0) is 15.2. The largest absolute Gasteiger partial charge is 0.508 e. The molecule has 6 heteroatoms. The summed E-state index contributed by atoms with van der Waals surface area (Å²) < 4.78 is 0.966. The number of rotatable bonds is 5. The number of aryl methyl sites for hydroxylation is 1. The number of phenolic OH excluding ortho intramolecular Hbond substituents is 1. The molecule has 0 spiro atoms. The molecule has 0 radical (unpaired) electrons. The molecule has 0 saturated heterocycles. The minimum atomic E-state index is -0.170. The van der Waals surface area contributed by atoms with Gasteiger partial charge in [-0.3, -0.25) is 4.79 Å². The van der Waals surface area contributed by atoms with Crippen LogP contribution < -0.4 is 10.6 Å². The summed E-state index contributed by atoms with van der Waals surface area (Å²) in [5.74, 6) is 0.747. The Hall–Kier alpha value is -2.08. The zero-order valence-corrected chi connectivity index (χ0v) is 13.1. The van der Waals surface area contributed by atoms with E-state index in [-0.39, 0.29) is 11.7 Å². The van der Waals surface area contributed by atoms with Gasteiger partial charge in [-0.15, -0.1) is 0 Å². The van der Waals surface area contributed by atoms with E-state index in [1.165, 1.54) is 12.1 Å². The molecule has 1 heterocycles. The number of hydrogen-bond donors (Lipinski definition) is 3. The van der Waals surface area contributed by atoms with Crippen LogP contribution in [-0.4, -0.2) is 29.1 Å². The number of aromatic nitrogens is 1. The fourth-order valence-electron chi connectivity index (χ4n) is 1.72. The van der Waals surface area contributed by atoms with Crippen LogP contribution in [0.5, 0.6) is 5.75 Å². The van der Waals surface area contributed by atoms with Gasteiger partial charge in [0.25, 0.3) is 5.91 Å². The molecule has 0 unspecified atom stereocenters. The highest BCUT2D eigenvalue weighted by Gasteiger charge is 2.04. The molecule has 5 nitrogen and oxygen atoms in total. The fourth-order valence-corrected chi connectivity index (χ4v) is 1.93. The number of phenols is 1. The minimum absolute atomic E-state index is 0.143. The molecule has 3 N–H and O–H groups in total. The number of benzene rings is 1. The first-order valence-electron chi connectivity index (χ1n) is 6.49. The van der Waals surface area contributed by atoms with Crippen molar-refractivity contribution in [1.29, 1.82) is 0 Å². The lowest BCUT2D eigenvalue weighted by atomic mass is 10.2. The molecule has 110 valence electrons. The molecule has 21 heavy (non-hydrogen) atoms. The average Bonchev–Trinajstić information content (AvgIpc) is 2.47. The van der Waals surface area contributed by atoms with Gasteiger partial charge in [-0.05, 0) is 58.7 Å². The van der Waals surface area contributed by atoms with Gasteiger partial charge in [0, 0.05) is 29.3 Å². The zero-order valence-electron chi connectivity index (χ0n) is 11.6. The topological polar surface area (TPSA) is 74.2 Å². The van der Waals surface area contributed by atoms with E-state index in [1.54, 1.807) is 18.3 Å². The van der Waals surface area contributed by atoms with Crippen molar-refractivity contribution in [1.82, 2.24) is 10.3 Å². The number of carbonyl (C=O) groups is 1. The van der Waals surface area contributed by atoms with Crippen LogP contribution in [0.2, 0.25) is 0 Å². The van der Waals surface area contributed by atoms with E-state index in [9.17, 15) is 4.79 Å². The molecule has 0 atom stereocenters. The van der Waals surface area contributed by atoms with Crippen molar-refractivity contribution in [3.05, 3.63) is 52.1 Å². The first-order chi connectivity index (χ1) is 10.1. The fraction of sp³-hybridized carbons (Fsp3) is 0.200. The van der Waals surface area contributed by atoms with Crippen LogP contribution in [0.15, 0.2) is 41.0 Å². The lowest BCUT2D eigenvalue weighted by molar-refractivity contribution is 0.0955. The van der Waals surface area contributed by atoms with Crippen LogP contribution in [0.1, 0.15) is 15.9 Å². The molecular weight excluding hydrogens is 334 g/mol. The van der Waals surface area contributed by atoms with Gasteiger partial charge in [-0.1, -0.05) is 0 Å². The number of nitrogens with one attached hydrogen (secondary N) is 2. The predicted molar refractivity (Wildman–Crippen MR) is 85.6 cm³/mol. The number of amides is 1. The monoisotopic (exact) mass is 349 g/mol. The molecule has 0 aliphatic rings. The summed E-state index contributed by atoms with van der Waals surface area (Å²) in [5, 5.41) is 15.1. The van der Waals surface area contributed by atoms with Crippen molar-refractivity contribution >= 4 is 27.7 Å².